The van der Waals surface area contributed by atoms with Gasteiger partial charge in [0.05, 0.1) is 25.4 Å². The van der Waals surface area contributed by atoms with Crippen LogP contribution in [0.1, 0.15) is 41.6 Å². The summed E-state index contributed by atoms with van der Waals surface area (Å²) in [5.41, 5.74) is 3.34. The molecule has 2 atom stereocenters. The molecule has 3 rings (SSSR count). The van der Waals surface area contributed by atoms with E-state index in [9.17, 15) is 9.59 Å². The van der Waals surface area contributed by atoms with Gasteiger partial charge in [0.15, 0.2) is 0 Å². The van der Waals surface area contributed by atoms with Crippen LogP contribution < -0.4 is 5.32 Å². The van der Waals surface area contributed by atoms with Crippen LogP contribution in [0.3, 0.4) is 0 Å². The van der Waals surface area contributed by atoms with Crippen molar-refractivity contribution in [3.8, 4) is 11.1 Å². The number of esters is 1. The minimum atomic E-state index is -0.415. The summed E-state index contributed by atoms with van der Waals surface area (Å²) in [6, 6.07) is 8.02. The molecule has 0 saturated carbocycles. The third kappa shape index (κ3) is 5.28. The number of amides is 1. The zero-order chi connectivity index (χ0) is 21.8. The monoisotopic (exact) mass is 430 g/mol. The van der Waals surface area contributed by atoms with Crippen LogP contribution in [-0.2, 0) is 14.3 Å². The molecule has 1 fully saturated rings. The molecule has 1 aliphatic heterocycles. The topological polar surface area (TPSA) is 67.9 Å². The molecule has 1 amide bonds. The second-order valence-electron chi connectivity index (χ2n) is 7.82. The van der Waals surface area contributed by atoms with Crippen LogP contribution in [-0.4, -0.2) is 55.2 Å². The van der Waals surface area contributed by atoms with E-state index in [1.807, 2.05) is 52.0 Å². The predicted octanol–water partition coefficient (Wildman–Crippen LogP) is 4.26. The molecule has 1 aromatic heterocycles. The standard InChI is InChI=1S/C23H30N2O4S/c1-6-28-23(27)21-20(18-9-7-14(2)8-10-18)17(5)30-22(21)24-19(26)13-25-11-15(3)29-16(4)12-25/h7-10,15-16H,6,11-13H2,1-5H3,(H,24,26)/t15-,16-/m1/s1. The van der Waals surface area contributed by atoms with Gasteiger partial charge in [-0.15, -0.1) is 11.3 Å². The molecule has 1 aliphatic rings. The Balaban J connectivity index is 1.86. The number of carbonyl (C=O) groups is 2. The number of benzene rings is 1. The minimum absolute atomic E-state index is 0.0914. The fourth-order valence-corrected chi connectivity index (χ4v) is 4.96. The maximum absolute atomic E-state index is 12.8. The highest BCUT2D eigenvalue weighted by Gasteiger charge is 2.27. The summed E-state index contributed by atoms with van der Waals surface area (Å²) in [5, 5.41) is 3.51. The van der Waals surface area contributed by atoms with Gasteiger partial charge in [-0.25, -0.2) is 4.79 Å². The summed E-state index contributed by atoms with van der Waals surface area (Å²) < 4.78 is 11.1. The minimum Gasteiger partial charge on any atom is -0.462 e. The van der Waals surface area contributed by atoms with Gasteiger partial charge >= 0.3 is 5.97 Å². The molecule has 0 radical (unpaired) electrons. The first-order valence-electron chi connectivity index (χ1n) is 10.3. The molecule has 0 bridgehead atoms. The average molecular weight is 431 g/mol. The first kappa shape index (κ1) is 22.5. The van der Waals surface area contributed by atoms with E-state index in [2.05, 4.69) is 10.2 Å². The molecule has 0 aliphatic carbocycles. The summed E-state index contributed by atoms with van der Waals surface area (Å²) in [7, 11) is 0. The van der Waals surface area contributed by atoms with Gasteiger partial charge in [0, 0.05) is 23.5 Å². The van der Waals surface area contributed by atoms with Crippen LogP contribution in [0.15, 0.2) is 24.3 Å². The van der Waals surface area contributed by atoms with Gasteiger partial charge in [0.2, 0.25) is 5.91 Å². The third-order valence-corrected chi connectivity index (χ3v) is 6.04. The number of aryl methyl sites for hydroxylation is 2. The second-order valence-corrected chi connectivity index (χ2v) is 9.05. The molecule has 1 N–H and O–H groups in total. The summed E-state index contributed by atoms with van der Waals surface area (Å²) in [5.74, 6) is -0.556. The number of rotatable bonds is 6. The molecule has 2 heterocycles. The number of nitrogens with one attached hydrogen (secondary N) is 1. The van der Waals surface area contributed by atoms with E-state index < -0.39 is 5.97 Å². The van der Waals surface area contributed by atoms with Gasteiger partial charge in [-0.2, -0.15) is 0 Å². The van der Waals surface area contributed by atoms with Crippen molar-refractivity contribution in [3.05, 3.63) is 40.3 Å². The lowest BCUT2D eigenvalue weighted by Crippen LogP contribution is -2.48. The number of hydrogen-bond acceptors (Lipinski definition) is 6. The Labute approximate surface area is 182 Å². The molecule has 30 heavy (non-hydrogen) atoms. The third-order valence-electron chi connectivity index (χ3n) is 5.02. The summed E-state index contributed by atoms with van der Waals surface area (Å²) in [6.07, 6.45) is 0.183. The molecule has 162 valence electrons. The van der Waals surface area contributed by atoms with Gasteiger partial charge in [-0.1, -0.05) is 29.8 Å². The molecule has 7 heteroatoms. The van der Waals surface area contributed by atoms with E-state index in [1.54, 1.807) is 6.92 Å². The van der Waals surface area contributed by atoms with Gasteiger partial charge in [-0.05, 0) is 40.2 Å². The maximum atomic E-state index is 12.8. The normalized spacial score (nSPS) is 19.5. The van der Waals surface area contributed by atoms with Crippen LogP contribution in [0.25, 0.3) is 11.1 Å². The van der Waals surface area contributed by atoms with E-state index in [-0.39, 0.29) is 31.3 Å². The van der Waals surface area contributed by atoms with Crippen molar-refractivity contribution in [2.75, 3.05) is 31.6 Å². The Kier molecular flexibility index (Phi) is 7.28. The van der Waals surface area contributed by atoms with Crippen molar-refractivity contribution in [1.82, 2.24) is 4.90 Å². The molecule has 6 nitrogen and oxygen atoms in total. The highest BCUT2D eigenvalue weighted by atomic mass is 32.1. The lowest BCUT2D eigenvalue weighted by Gasteiger charge is -2.34. The number of hydrogen-bond donors (Lipinski definition) is 1. The number of anilines is 1. The van der Waals surface area contributed by atoms with Crippen molar-refractivity contribution in [3.63, 3.8) is 0 Å². The lowest BCUT2D eigenvalue weighted by atomic mass is 10.0. The van der Waals surface area contributed by atoms with Gasteiger partial charge in [-0.3, -0.25) is 9.69 Å². The van der Waals surface area contributed by atoms with Gasteiger partial charge in [0.25, 0.3) is 0 Å². The number of morpholine rings is 1. The molecule has 1 saturated heterocycles. The fraction of sp³-hybridized carbons (Fsp3) is 0.478. The largest absolute Gasteiger partial charge is 0.462 e. The molecular formula is C23H30N2O4S. The summed E-state index contributed by atoms with van der Waals surface area (Å²) >= 11 is 1.41. The summed E-state index contributed by atoms with van der Waals surface area (Å²) in [4.78, 5) is 28.6. The lowest BCUT2D eigenvalue weighted by molar-refractivity contribution is -0.121. The fourth-order valence-electron chi connectivity index (χ4n) is 3.88. The van der Waals surface area contributed by atoms with E-state index in [4.69, 9.17) is 9.47 Å². The van der Waals surface area contributed by atoms with Crippen molar-refractivity contribution in [1.29, 1.82) is 0 Å². The average Bonchev–Trinajstić information content (AvgIpc) is 2.97. The molecular weight excluding hydrogens is 400 g/mol. The van der Waals surface area contributed by atoms with Crippen LogP contribution in [0, 0.1) is 13.8 Å². The Morgan fingerprint density at radius 2 is 1.80 bits per heavy atom. The maximum Gasteiger partial charge on any atom is 0.341 e. The van der Waals surface area contributed by atoms with Gasteiger partial charge in [0.1, 0.15) is 10.6 Å². The van der Waals surface area contributed by atoms with Crippen LogP contribution in [0.4, 0.5) is 5.00 Å². The Hall–Kier alpha value is -2.22. The first-order valence-corrected chi connectivity index (χ1v) is 11.1. The van der Waals surface area contributed by atoms with E-state index in [1.165, 1.54) is 11.3 Å². The number of ether oxygens (including phenoxy) is 2. The zero-order valence-electron chi connectivity index (χ0n) is 18.3. The molecule has 0 spiro atoms. The number of thiophene rings is 1. The van der Waals surface area contributed by atoms with Crippen molar-refractivity contribution in [2.45, 2.75) is 46.8 Å². The van der Waals surface area contributed by atoms with Crippen LogP contribution in [0.5, 0.6) is 0 Å². The van der Waals surface area contributed by atoms with Crippen molar-refractivity contribution in [2.24, 2.45) is 0 Å². The number of carbonyl (C=O) groups excluding carboxylic acids is 2. The van der Waals surface area contributed by atoms with Crippen LogP contribution in [0.2, 0.25) is 0 Å². The predicted molar refractivity (Wildman–Crippen MR) is 120 cm³/mol. The summed E-state index contributed by atoms with van der Waals surface area (Å²) in [6.45, 7) is 11.7. The van der Waals surface area contributed by atoms with E-state index in [0.717, 1.165) is 21.6 Å². The Bertz CT molecular complexity index is 897. The molecule has 1 aromatic carbocycles. The smallest absolute Gasteiger partial charge is 0.341 e. The van der Waals surface area contributed by atoms with Crippen molar-refractivity contribution < 1.29 is 19.1 Å². The zero-order valence-corrected chi connectivity index (χ0v) is 19.1. The van der Waals surface area contributed by atoms with E-state index >= 15 is 0 Å². The van der Waals surface area contributed by atoms with E-state index in [0.29, 0.717) is 23.7 Å². The Morgan fingerprint density at radius 3 is 2.40 bits per heavy atom. The number of nitrogens with zero attached hydrogens (tertiary/aromatic N) is 1. The highest BCUT2D eigenvalue weighted by molar-refractivity contribution is 7.17. The Morgan fingerprint density at radius 1 is 1.17 bits per heavy atom. The molecule has 0 unspecified atom stereocenters. The van der Waals surface area contributed by atoms with Crippen LogP contribution >= 0.6 is 11.3 Å². The first-order chi connectivity index (χ1) is 14.3. The van der Waals surface area contributed by atoms with Crippen molar-refractivity contribution >= 4 is 28.2 Å². The highest BCUT2D eigenvalue weighted by Crippen LogP contribution is 2.40. The SMILES string of the molecule is CCOC(=O)c1c(NC(=O)CN2C[C@@H](C)O[C@H](C)C2)sc(C)c1-c1ccc(C)cc1. The second kappa shape index (κ2) is 9.73. The molecule has 2 aromatic rings. The van der Waals surface area contributed by atoms with Gasteiger partial charge < -0.3 is 14.8 Å². The quantitative estimate of drug-likeness (QED) is 0.694.